The molecule has 2 heterocycles. The summed E-state index contributed by atoms with van der Waals surface area (Å²) in [6, 6.07) is 5.01. The van der Waals surface area contributed by atoms with Crippen LogP contribution in [0.25, 0.3) is 11.3 Å². The summed E-state index contributed by atoms with van der Waals surface area (Å²) in [4.78, 5) is 15.1. The van der Waals surface area contributed by atoms with E-state index in [0.29, 0.717) is 16.3 Å². The molecule has 15 heavy (non-hydrogen) atoms. The zero-order valence-corrected chi connectivity index (χ0v) is 8.36. The fourth-order valence-corrected chi connectivity index (χ4v) is 1.35. The van der Waals surface area contributed by atoms with Gasteiger partial charge >= 0.3 is 0 Å². The quantitative estimate of drug-likeness (QED) is 0.846. The third-order valence-electron chi connectivity index (χ3n) is 1.89. The normalized spacial score (nSPS) is 10.2. The fraction of sp³-hybridized carbons (Fsp3) is 0. The predicted molar refractivity (Wildman–Crippen MR) is 55.5 cm³/mol. The van der Waals surface area contributed by atoms with Crippen LogP contribution in [-0.2, 0) is 0 Å². The van der Waals surface area contributed by atoms with Gasteiger partial charge in [0, 0.05) is 6.20 Å². The number of rotatable bonds is 2. The highest BCUT2D eigenvalue weighted by Gasteiger charge is 2.14. The predicted octanol–water partition coefficient (Wildman–Crippen LogP) is 2.09. The van der Waals surface area contributed by atoms with Gasteiger partial charge in [-0.15, -0.1) is 0 Å². The monoisotopic (exact) mass is 222 g/mol. The largest absolute Gasteiger partial charge is 0.458 e. The number of amides is 1. The van der Waals surface area contributed by atoms with Crippen molar-refractivity contribution in [1.29, 1.82) is 0 Å². The van der Waals surface area contributed by atoms with Crippen molar-refractivity contribution in [1.82, 2.24) is 4.98 Å². The Bertz CT molecular complexity index is 490. The molecule has 2 N–H and O–H groups in total. The van der Waals surface area contributed by atoms with Crippen molar-refractivity contribution in [3.8, 4) is 11.3 Å². The van der Waals surface area contributed by atoms with Gasteiger partial charge in [-0.05, 0) is 18.2 Å². The molecule has 0 spiro atoms. The SMILES string of the molecule is NC(=O)c1occc1-c1ccc(Cl)cn1. The van der Waals surface area contributed by atoms with Crippen LogP contribution in [0.3, 0.4) is 0 Å². The summed E-state index contributed by atoms with van der Waals surface area (Å²) in [5.74, 6) is -0.517. The lowest BCUT2D eigenvalue weighted by molar-refractivity contribution is 0.0975. The lowest BCUT2D eigenvalue weighted by Gasteiger charge is -1.98. The van der Waals surface area contributed by atoms with Crippen molar-refractivity contribution in [2.75, 3.05) is 0 Å². The average molecular weight is 223 g/mol. The maximum atomic E-state index is 11.0. The number of furan rings is 1. The van der Waals surface area contributed by atoms with Crippen LogP contribution in [0.4, 0.5) is 0 Å². The van der Waals surface area contributed by atoms with E-state index in [4.69, 9.17) is 21.8 Å². The van der Waals surface area contributed by atoms with Gasteiger partial charge in [-0.25, -0.2) is 0 Å². The maximum Gasteiger partial charge on any atom is 0.285 e. The van der Waals surface area contributed by atoms with E-state index in [1.807, 2.05) is 0 Å². The van der Waals surface area contributed by atoms with Crippen molar-refractivity contribution in [2.45, 2.75) is 0 Å². The minimum Gasteiger partial charge on any atom is -0.458 e. The van der Waals surface area contributed by atoms with Gasteiger partial charge in [-0.2, -0.15) is 0 Å². The van der Waals surface area contributed by atoms with E-state index in [1.165, 1.54) is 12.5 Å². The summed E-state index contributed by atoms with van der Waals surface area (Å²) in [5.41, 5.74) is 6.31. The topological polar surface area (TPSA) is 69.1 Å². The molecule has 0 aromatic carbocycles. The van der Waals surface area contributed by atoms with Gasteiger partial charge in [0.25, 0.3) is 5.91 Å². The number of carbonyl (C=O) groups is 1. The molecule has 0 unspecified atom stereocenters. The minimum atomic E-state index is -0.619. The first-order chi connectivity index (χ1) is 7.18. The van der Waals surface area contributed by atoms with E-state index in [2.05, 4.69) is 4.98 Å². The van der Waals surface area contributed by atoms with Gasteiger partial charge in [0.05, 0.1) is 22.5 Å². The smallest absolute Gasteiger partial charge is 0.285 e. The average Bonchev–Trinajstić information content (AvgIpc) is 2.67. The van der Waals surface area contributed by atoms with Crippen molar-refractivity contribution in [3.63, 3.8) is 0 Å². The first-order valence-corrected chi connectivity index (χ1v) is 4.55. The second-order valence-electron chi connectivity index (χ2n) is 2.89. The molecule has 76 valence electrons. The van der Waals surface area contributed by atoms with Crippen LogP contribution < -0.4 is 5.73 Å². The molecule has 0 atom stereocenters. The molecular weight excluding hydrogens is 216 g/mol. The fourth-order valence-electron chi connectivity index (χ4n) is 1.24. The molecule has 2 rings (SSSR count). The van der Waals surface area contributed by atoms with Crippen LogP contribution in [0.5, 0.6) is 0 Å². The Kier molecular flexibility index (Phi) is 2.43. The molecule has 0 fully saturated rings. The molecule has 0 saturated heterocycles. The molecule has 4 nitrogen and oxygen atoms in total. The minimum absolute atomic E-state index is 0.102. The lowest BCUT2D eigenvalue weighted by atomic mass is 10.1. The van der Waals surface area contributed by atoms with Crippen LogP contribution in [-0.4, -0.2) is 10.9 Å². The van der Waals surface area contributed by atoms with E-state index < -0.39 is 5.91 Å². The van der Waals surface area contributed by atoms with Crippen LogP contribution >= 0.6 is 11.6 Å². The summed E-state index contributed by atoms with van der Waals surface area (Å²) < 4.78 is 4.96. The molecule has 2 aromatic rings. The van der Waals surface area contributed by atoms with Crippen molar-refractivity contribution in [3.05, 3.63) is 41.4 Å². The Morgan fingerprint density at radius 2 is 2.20 bits per heavy atom. The van der Waals surface area contributed by atoms with E-state index in [9.17, 15) is 4.79 Å². The second kappa shape index (κ2) is 3.74. The zero-order chi connectivity index (χ0) is 10.8. The van der Waals surface area contributed by atoms with Crippen molar-refractivity contribution >= 4 is 17.5 Å². The molecule has 0 radical (unpaired) electrons. The van der Waals surface area contributed by atoms with Gasteiger partial charge in [0.1, 0.15) is 0 Å². The third-order valence-corrected chi connectivity index (χ3v) is 2.12. The number of pyridine rings is 1. The third kappa shape index (κ3) is 1.85. The van der Waals surface area contributed by atoms with Gasteiger partial charge < -0.3 is 10.2 Å². The zero-order valence-electron chi connectivity index (χ0n) is 7.61. The number of nitrogens with zero attached hydrogens (tertiary/aromatic N) is 1. The first-order valence-electron chi connectivity index (χ1n) is 4.17. The Balaban J connectivity index is 2.49. The van der Waals surface area contributed by atoms with Gasteiger partial charge in [-0.3, -0.25) is 9.78 Å². The summed E-state index contributed by atoms with van der Waals surface area (Å²) in [7, 11) is 0. The summed E-state index contributed by atoms with van der Waals surface area (Å²) >= 11 is 5.70. The van der Waals surface area contributed by atoms with Crippen LogP contribution in [0.2, 0.25) is 5.02 Å². The second-order valence-corrected chi connectivity index (χ2v) is 3.33. The number of carbonyl (C=O) groups excluding carboxylic acids is 1. The standard InChI is InChI=1S/C10H7ClN2O2/c11-6-1-2-8(13-5-6)7-3-4-15-9(7)10(12)14/h1-5H,(H2,12,14). The molecule has 0 bridgehead atoms. The Hall–Kier alpha value is -1.81. The number of hydrogen-bond donors (Lipinski definition) is 1. The molecule has 0 saturated carbocycles. The Morgan fingerprint density at radius 3 is 2.80 bits per heavy atom. The first kappa shape index (κ1) is 9.73. The van der Waals surface area contributed by atoms with Crippen LogP contribution in [0.1, 0.15) is 10.6 Å². The molecule has 5 heteroatoms. The van der Waals surface area contributed by atoms with Gasteiger partial charge in [0.15, 0.2) is 5.76 Å². The highest BCUT2D eigenvalue weighted by atomic mass is 35.5. The number of nitrogens with two attached hydrogens (primary N) is 1. The molecular formula is C10H7ClN2O2. The van der Waals surface area contributed by atoms with Gasteiger partial charge in [-0.1, -0.05) is 11.6 Å². The molecule has 0 aliphatic carbocycles. The number of aromatic nitrogens is 1. The molecule has 1 amide bonds. The molecule has 0 aliphatic heterocycles. The van der Waals surface area contributed by atoms with E-state index in [0.717, 1.165) is 0 Å². The van der Waals surface area contributed by atoms with Crippen molar-refractivity contribution < 1.29 is 9.21 Å². The lowest BCUT2D eigenvalue weighted by Crippen LogP contribution is -2.10. The van der Waals surface area contributed by atoms with E-state index in [1.54, 1.807) is 18.2 Å². The summed E-state index contributed by atoms with van der Waals surface area (Å²) in [6.45, 7) is 0. The highest BCUT2D eigenvalue weighted by molar-refractivity contribution is 6.30. The highest BCUT2D eigenvalue weighted by Crippen LogP contribution is 2.23. The van der Waals surface area contributed by atoms with Crippen LogP contribution in [0, 0.1) is 0 Å². The molecule has 2 aromatic heterocycles. The Morgan fingerprint density at radius 1 is 1.40 bits per heavy atom. The number of halogens is 1. The van der Waals surface area contributed by atoms with Crippen molar-refractivity contribution in [2.24, 2.45) is 5.73 Å². The maximum absolute atomic E-state index is 11.0. The number of primary amides is 1. The summed E-state index contributed by atoms with van der Waals surface area (Å²) in [6.07, 6.45) is 2.89. The van der Waals surface area contributed by atoms with E-state index in [-0.39, 0.29) is 5.76 Å². The Labute approximate surface area is 90.7 Å². The van der Waals surface area contributed by atoms with Crippen LogP contribution in [0.15, 0.2) is 35.1 Å². The van der Waals surface area contributed by atoms with E-state index >= 15 is 0 Å². The molecule has 0 aliphatic rings. The van der Waals surface area contributed by atoms with Gasteiger partial charge in [0.2, 0.25) is 0 Å². The summed E-state index contributed by atoms with van der Waals surface area (Å²) in [5, 5.41) is 0.530. The number of hydrogen-bond acceptors (Lipinski definition) is 3.